The van der Waals surface area contributed by atoms with E-state index in [2.05, 4.69) is 87.7 Å². The summed E-state index contributed by atoms with van der Waals surface area (Å²) < 4.78 is 0. The van der Waals surface area contributed by atoms with E-state index in [0.29, 0.717) is 0 Å². The molecule has 0 aliphatic heterocycles. The molecular formula is C26H26. The van der Waals surface area contributed by atoms with Crippen LogP contribution < -0.4 is 0 Å². The molecule has 3 aromatic carbocycles. The van der Waals surface area contributed by atoms with Crippen LogP contribution in [0, 0.1) is 0 Å². The van der Waals surface area contributed by atoms with Crippen LogP contribution in [-0.4, -0.2) is 0 Å². The first-order valence-corrected chi connectivity index (χ1v) is 9.33. The molecule has 0 atom stereocenters. The summed E-state index contributed by atoms with van der Waals surface area (Å²) in [5.74, 6) is 0. The van der Waals surface area contributed by atoms with Gasteiger partial charge in [0, 0.05) is 0 Å². The fourth-order valence-corrected chi connectivity index (χ4v) is 3.78. The van der Waals surface area contributed by atoms with Gasteiger partial charge >= 0.3 is 0 Å². The highest BCUT2D eigenvalue weighted by Gasteiger charge is 2.17. The molecule has 0 radical (unpaired) electrons. The molecule has 0 heteroatoms. The fourth-order valence-electron chi connectivity index (χ4n) is 3.78. The van der Waals surface area contributed by atoms with Gasteiger partial charge in [-0.1, -0.05) is 99.8 Å². The molecule has 0 fully saturated rings. The van der Waals surface area contributed by atoms with Gasteiger partial charge in [-0.3, -0.25) is 0 Å². The van der Waals surface area contributed by atoms with Gasteiger partial charge in [0.25, 0.3) is 0 Å². The number of rotatable bonds is 6. The highest BCUT2D eigenvalue weighted by Crippen LogP contribution is 2.40. The molecule has 0 aliphatic carbocycles. The van der Waals surface area contributed by atoms with E-state index in [0.717, 1.165) is 18.4 Å². The molecule has 0 saturated carbocycles. The van der Waals surface area contributed by atoms with Crippen LogP contribution in [0.5, 0.6) is 0 Å². The fraction of sp³-hybridized carbons (Fsp3) is 0.154. The molecule has 3 aromatic rings. The Hall–Kier alpha value is -2.86. The van der Waals surface area contributed by atoms with Crippen molar-refractivity contribution in [3.05, 3.63) is 96.1 Å². The van der Waals surface area contributed by atoms with E-state index in [1.54, 1.807) is 0 Å². The summed E-state index contributed by atoms with van der Waals surface area (Å²) in [6.45, 7) is 12.5. The zero-order chi connectivity index (χ0) is 18.5. The number of aryl methyl sites for hydroxylation is 1. The van der Waals surface area contributed by atoms with Crippen molar-refractivity contribution in [2.24, 2.45) is 0 Å². The van der Waals surface area contributed by atoms with E-state index < -0.39 is 0 Å². The van der Waals surface area contributed by atoms with Gasteiger partial charge in [-0.05, 0) is 57.3 Å². The Bertz CT molecular complexity index is 944. The highest BCUT2D eigenvalue weighted by molar-refractivity contribution is 5.92. The lowest BCUT2D eigenvalue weighted by atomic mass is 9.83. The Morgan fingerprint density at radius 3 is 1.81 bits per heavy atom. The van der Waals surface area contributed by atoms with E-state index in [4.69, 9.17) is 0 Å². The average Bonchev–Trinajstić information content (AvgIpc) is 2.72. The smallest absolute Gasteiger partial charge is 0.00644 e. The minimum absolute atomic E-state index is 1.01. The first-order valence-electron chi connectivity index (χ1n) is 9.33. The van der Waals surface area contributed by atoms with Crippen molar-refractivity contribution in [1.82, 2.24) is 0 Å². The molecule has 0 N–H and O–H groups in total. The summed E-state index contributed by atoms with van der Waals surface area (Å²) in [6, 6.07) is 21.6. The van der Waals surface area contributed by atoms with Gasteiger partial charge in [0.2, 0.25) is 0 Å². The zero-order valence-electron chi connectivity index (χ0n) is 15.8. The lowest BCUT2D eigenvalue weighted by Crippen LogP contribution is -2.00. The van der Waals surface area contributed by atoms with E-state index in [1.165, 1.54) is 38.9 Å². The maximum Gasteiger partial charge on any atom is -0.00644 e. The second-order valence-corrected chi connectivity index (χ2v) is 6.42. The van der Waals surface area contributed by atoms with Crippen LogP contribution in [0.25, 0.3) is 34.4 Å². The largest absolute Gasteiger partial charge is 0.0984 e. The summed E-state index contributed by atoms with van der Waals surface area (Å²) in [5.41, 5.74) is 10.3. The molecule has 0 aromatic heterocycles. The van der Waals surface area contributed by atoms with Crippen LogP contribution in [0.3, 0.4) is 0 Å². The summed E-state index contributed by atoms with van der Waals surface area (Å²) in [4.78, 5) is 0. The molecule has 130 valence electrons. The molecule has 3 rings (SSSR count). The molecule has 0 unspecified atom stereocenters. The molecule has 0 spiro atoms. The lowest BCUT2D eigenvalue weighted by Gasteiger charge is -2.21. The number of benzene rings is 3. The van der Waals surface area contributed by atoms with Crippen LogP contribution >= 0.6 is 0 Å². The van der Waals surface area contributed by atoms with Crippen molar-refractivity contribution < 1.29 is 0 Å². The monoisotopic (exact) mass is 338 g/mol. The minimum atomic E-state index is 1.01. The van der Waals surface area contributed by atoms with Crippen molar-refractivity contribution in [2.45, 2.75) is 26.7 Å². The van der Waals surface area contributed by atoms with Gasteiger partial charge in [-0.2, -0.15) is 0 Å². The van der Waals surface area contributed by atoms with Crippen molar-refractivity contribution >= 4 is 12.2 Å². The molecule has 26 heavy (non-hydrogen) atoms. The first kappa shape index (κ1) is 17.9. The molecule has 0 bridgehead atoms. The Morgan fingerprint density at radius 2 is 1.23 bits per heavy atom. The molecule has 0 heterocycles. The maximum absolute atomic E-state index is 4.04. The van der Waals surface area contributed by atoms with Gasteiger partial charge in [-0.15, -0.1) is 0 Å². The van der Waals surface area contributed by atoms with Crippen LogP contribution in [-0.2, 0) is 12.8 Å². The first-order chi connectivity index (χ1) is 12.7. The summed E-state index contributed by atoms with van der Waals surface area (Å²) in [5, 5.41) is 0. The van der Waals surface area contributed by atoms with Crippen LogP contribution in [0.4, 0.5) is 0 Å². The molecule has 0 saturated heterocycles. The van der Waals surface area contributed by atoms with E-state index in [9.17, 15) is 0 Å². The van der Waals surface area contributed by atoms with Crippen molar-refractivity contribution in [3.8, 4) is 22.3 Å². The summed E-state index contributed by atoms with van der Waals surface area (Å²) in [7, 11) is 0. The predicted molar refractivity (Wildman–Crippen MR) is 116 cm³/mol. The standard InChI is InChI=1S/C26H26/c1-5-19-13-9-11-15-23(19)25-18-17-21(7-3)22(8-4)26(25)24-16-12-10-14-20(24)6-2/h5-6,9-18H,1-2,7-8H2,3-4H3. The zero-order valence-corrected chi connectivity index (χ0v) is 15.8. The Kier molecular flexibility index (Phi) is 5.53. The normalized spacial score (nSPS) is 10.5. The molecule has 0 aliphatic rings. The van der Waals surface area contributed by atoms with Gasteiger partial charge in [-0.25, -0.2) is 0 Å². The van der Waals surface area contributed by atoms with Crippen molar-refractivity contribution in [3.63, 3.8) is 0 Å². The van der Waals surface area contributed by atoms with Gasteiger partial charge in [0.05, 0.1) is 0 Å². The Balaban J connectivity index is 2.43. The Labute approximate surface area is 157 Å². The van der Waals surface area contributed by atoms with Crippen molar-refractivity contribution in [1.29, 1.82) is 0 Å². The van der Waals surface area contributed by atoms with Gasteiger partial charge in [0.15, 0.2) is 0 Å². The van der Waals surface area contributed by atoms with Gasteiger partial charge in [0.1, 0.15) is 0 Å². The summed E-state index contributed by atoms with van der Waals surface area (Å²) in [6.07, 6.45) is 5.94. The van der Waals surface area contributed by atoms with E-state index in [-0.39, 0.29) is 0 Å². The van der Waals surface area contributed by atoms with Crippen LogP contribution in [0.15, 0.2) is 73.8 Å². The molecule has 0 nitrogen and oxygen atoms in total. The van der Waals surface area contributed by atoms with E-state index >= 15 is 0 Å². The number of hydrogen-bond acceptors (Lipinski definition) is 0. The van der Waals surface area contributed by atoms with Crippen molar-refractivity contribution in [2.75, 3.05) is 0 Å². The topological polar surface area (TPSA) is 0 Å². The van der Waals surface area contributed by atoms with Crippen LogP contribution in [0.1, 0.15) is 36.1 Å². The third-order valence-corrected chi connectivity index (χ3v) is 5.07. The SMILES string of the molecule is C=Cc1ccccc1-c1ccc(CC)c(CC)c1-c1ccccc1C=C. The Morgan fingerprint density at radius 1 is 0.654 bits per heavy atom. The van der Waals surface area contributed by atoms with Gasteiger partial charge < -0.3 is 0 Å². The maximum atomic E-state index is 4.04. The highest BCUT2D eigenvalue weighted by atomic mass is 14.2. The summed E-state index contributed by atoms with van der Waals surface area (Å²) >= 11 is 0. The third-order valence-electron chi connectivity index (χ3n) is 5.07. The van der Waals surface area contributed by atoms with E-state index in [1.807, 2.05) is 12.2 Å². The minimum Gasteiger partial charge on any atom is -0.0984 e. The second-order valence-electron chi connectivity index (χ2n) is 6.42. The predicted octanol–water partition coefficient (Wildman–Crippen LogP) is 7.43. The van der Waals surface area contributed by atoms with Crippen LogP contribution in [0.2, 0.25) is 0 Å². The third kappa shape index (κ3) is 3.15. The lowest BCUT2D eigenvalue weighted by molar-refractivity contribution is 1.04. The molecule has 0 amide bonds. The molecular weight excluding hydrogens is 312 g/mol. The number of hydrogen-bond donors (Lipinski definition) is 0. The average molecular weight is 338 g/mol. The quantitative estimate of drug-likeness (QED) is 0.438. The second kappa shape index (κ2) is 8.01.